The Morgan fingerprint density at radius 2 is 1.91 bits per heavy atom. The summed E-state index contributed by atoms with van der Waals surface area (Å²) in [7, 11) is 0.838. The zero-order valence-electron chi connectivity index (χ0n) is 19.3. The Hall–Kier alpha value is -2.75. The Labute approximate surface area is 194 Å². The Morgan fingerprint density at radius 3 is 2.55 bits per heavy atom. The minimum Gasteiger partial charge on any atom is -0.366 e. The van der Waals surface area contributed by atoms with Gasteiger partial charge in [0.1, 0.15) is 0 Å². The highest BCUT2D eigenvalue weighted by atomic mass is 32.2. The number of fused-ring (bicyclic) bond motifs is 1. The lowest BCUT2D eigenvalue weighted by molar-refractivity contribution is 0.100. The molecule has 1 aliphatic rings. The Kier molecular flexibility index (Phi) is 6.56. The van der Waals surface area contributed by atoms with Crippen molar-refractivity contribution < 1.29 is 13.2 Å². The number of H-pyrrole nitrogens is 1. The number of pyridine rings is 1. The van der Waals surface area contributed by atoms with Crippen LogP contribution in [0.4, 0.5) is 0 Å². The van der Waals surface area contributed by atoms with E-state index >= 15 is 0 Å². The number of amides is 1. The lowest BCUT2D eigenvalue weighted by Crippen LogP contribution is -2.38. The normalized spacial score (nSPS) is 16.0. The van der Waals surface area contributed by atoms with Crippen LogP contribution in [-0.2, 0) is 16.6 Å². The number of benzene rings is 1. The van der Waals surface area contributed by atoms with E-state index in [0.717, 1.165) is 52.5 Å². The predicted octanol–water partition coefficient (Wildman–Crippen LogP) is 2.92. The maximum absolute atomic E-state index is 12.3. The number of primary amides is 1. The van der Waals surface area contributed by atoms with E-state index in [4.69, 9.17) is 5.73 Å². The summed E-state index contributed by atoms with van der Waals surface area (Å²) in [6, 6.07) is 5.98. The summed E-state index contributed by atoms with van der Waals surface area (Å²) in [4.78, 5) is 22.0. The molecular weight excluding hydrogens is 438 g/mol. The molecule has 8 nitrogen and oxygen atoms in total. The monoisotopic (exact) mass is 469 g/mol. The van der Waals surface area contributed by atoms with Gasteiger partial charge in [-0.05, 0) is 74.7 Å². The fourth-order valence-electron chi connectivity index (χ4n) is 4.68. The van der Waals surface area contributed by atoms with Gasteiger partial charge in [-0.25, -0.2) is 12.7 Å². The van der Waals surface area contributed by atoms with E-state index in [2.05, 4.69) is 27.0 Å². The smallest absolute Gasteiger partial charge is 0.250 e. The average molecular weight is 470 g/mol. The first-order valence-corrected chi connectivity index (χ1v) is 12.8. The number of carbonyl (C=O) groups is 1. The molecule has 1 fully saturated rings. The number of nitrogens with zero attached hydrogens (tertiary/aromatic N) is 3. The maximum Gasteiger partial charge on any atom is 0.250 e. The summed E-state index contributed by atoms with van der Waals surface area (Å²) >= 11 is 0. The van der Waals surface area contributed by atoms with Crippen molar-refractivity contribution in [1.82, 2.24) is 19.2 Å². The molecule has 33 heavy (non-hydrogen) atoms. The highest BCUT2D eigenvalue weighted by Crippen LogP contribution is 2.37. The van der Waals surface area contributed by atoms with Crippen LogP contribution in [0.2, 0.25) is 0 Å². The third kappa shape index (κ3) is 4.80. The Morgan fingerprint density at radius 1 is 1.18 bits per heavy atom. The molecule has 1 amide bonds. The van der Waals surface area contributed by atoms with E-state index < -0.39 is 15.9 Å². The van der Waals surface area contributed by atoms with Crippen LogP contribution >= 0.6 is 0 Å². The number of nitrogens with one attached hydrogen (secondary N) is 1. The van der Waals surface area contributed by atoms with Crippen molar-refractivity contribution in [2.45, 2.75) is 32.2 Å². The highest BCUT2D eigenvalue weighted by Gasteiger charge is 2.29. The number of rotatable bonds is 7. The van der Waals surface area contributed by atoms with Crippen molar-refractivity contribution in [2.24, 2.45) is 5.73 Å². The number of aromatic nitrogens is 2. The van der Waals surface area contributed by atoms with Crippen LogP contribution < -0.4 is 5.73 Å². The molecule has 0 radical (unpaired) electrons. The molecule has 1 saturated heterocycles. The second-order valence-electron chi connectivity index (χ2n) is 8.95. The summed E-state index contributed by atoms with van der Waals surface area (Å²) in [6.45, 7) is 3.45. The van der Waals surface area contributed by atoms with E-state index in [0.29, 0.717) is 18.7 Å². The summed E-state index contributed by atoms with van der Waals surface area (Å²) in [5.74, 6) is -0.162. The van der Waals surface area contributed by atoms with Gasteiger partial charge in [0, 0.05) is 49.2 Å². The van der Waals surface area contributed by atoms with Crippen molar-refractivity contribution >= 4 is 26.8 Å². The first kappa shape index (κ1) is 23.4. The number of nitrogens with two attached hydrogens (primary N) is 1. The first-order chi connectivity index (χ1) is 15.7. The third-order valence-electron chi connectivity index (χ3n) is 6.37. The van der Waals surface area contributed by atoms with Gasteiger partial charge < -0.3 is 15.6 Å². The molecule has 1 aliphatic heterocycles. The van der Waals surface area contributed by atoms with Crippen LogP contribution in [0.15, 0.2) is 36.8 Å². The van der Waals surface area contributed by atoms with Crippen LogP contribution in [0, 0.1) is 0 Å². The largest absolute Gasteiger partial charge is 0.366 e. The predicted molar refractivity (Wildman–Crippen MR) is 130 cm³/mol. The number of carbonyl (C=O) groups excluding carboxylic acids is 1. The molecule has 0 spiro atoms. The van der Waals surface area contributed by atoms with Crippen LogP contribution in [-0.4, -0.2) is 66.4 Å². The number of piperidine rings is 1. The Bertz CT molecular complexity index is 1270. The molecule has 0 bridgehead atoms. The van der Waals surface area contributed by atoms with Crippen molar-refractivity contribution in [3.63, 3.8) is 0 Å². The fraction of sp³-hybridized carbons (Fsp3) is 0.417. The number of sulfonamides is 1. The van der Waals surface area contributed by atoms with Gasteiger partial charge in [0.25, 0.3) is 5.91 Å². The zero-order chi connectivity index (χ0) is 23.8. The van der Waals surface area contributed by atoms with Gasteiger partial charge in [-0.1, -0.05) is 0 Å². The van der Waals surface area contributed by atoms with Gasteiger partial charge in [-0.2, -0.15) is 0 Å². The van der Waals surface area contributed by atoms with Crippen molar-refractivity contribution in [3.05, 3.63) is 53.5 Å². The number of hydrogen-bond donors (Lipinski definition) is 2. The lowest BCUT2D eigenvalue weighted by Gasteiger charge is -2.31. The first-order valence-electron chi connectivity index (χ1n) is 11.2. The van der Waals surface area contributed by atoms with E-state index in [-0.39, 0.29) is 11.7 Å². The van der Waals surface area contributed by atoms with Crippen molar-refractivity contribution in [2.75, 3.05) is 32.9 Å². The molecule has 4 rings (SSSR count). The molecule has 176 valence electrons. The van der Waals surface area contributed by atoms with E-state index in [1.54, 1.807) is 17.4 Å². The van der Waals surface area contributed by atoms with E-state index in [1.807, 2.05) is 32.6 Å². The van der Waals surface area contributed by atoms with E-state index in [1.165, 1.54) is 0 Å². The molecule has 1 aromatic carbocycles. The van der Waals surface area contributed by atoms with Gasteiger partial charge in [-0.3, -0.25) is 9.78 Å². The minimum absolute atomic E-state index is 0.122. The van der Waals surface area contributed by atoms with Crippen molar-refractivity contribution in [1.29, 1.82) is 0 Å². The van der Waals surface area contributed by atoms with Gasteiger partial charge >= 0.3 is 0 Å². The van der Waals surface area contributed by atoms with Gasteiger partial charge in [-0.15, -0.1) is 0 Å². The average Bonchev–Trinajstić information content (AvgIpc) is 3.22. The number of hydrogen-bond acceptors (Lipinski definition) is 5. The molecule has 3 N–H and O–H groups in total. The molecule has 0 saturated carbocycles. The number of aromatic amines is 1. The van der Waals surface area contributed by atoms with E-state index in [9.17, 15) is 13.2 Å². The molecule has 9 heteroatoms. The Balaban J connectivity index is 1.73. The molecular formula is C24H31N5O3S. The van der Waals surface area contributed by atoms with Gasteiger partial charge in [0.15, 0.2) is 0 Å². The summed E-state index contributed by atoms with van der Waals surface area (Å²) < 4.78 is 26.1. The molecule has 3 heterocycles. The molecule has 0 unspecified atom stereocenters. The quantitative estimate of drug-likeness (QED) is 0.552. The molecule has 0 atom stereocenters. The lowest BCUT2D eigenvalue weighted by atomic mass is 9.88. The van der Waals surface area contributed by atoms with Crippen LogP contribution in [0.25, 0.3) is 22.0 Å². The topological polar surface area (TPSA) is 112 Å². The highest BCUT2D eigenvalue weighted by molar-refractivity contribution is 7.89. The van der Waals surface area contributed by atoms with Crippen LogP contribution in [0.3, 0.4) is 0 Å². The third-order valence-corrected chi connectivity index (χ3v) is 8.25. The van der Waals surface area contributed by atoms with Gasteiger partial charge in [0.2, 0.25) is 10.0 Å². The zero-order valence-corrected chi connectivity index (χ0v) is 20.2. The minimum atomic E-state index is -3.18. The van der Waals surface area contributed by atoms with Crippen LogP contribution in [0.1, 0.15) is 47.2 Å². The van der Waals surface area contributed by atoms with Crippen LogP contribution in [0.5, 0.6) is 0 Å². The second kappa shape index (κ2) is 9.24. The second-order valence-corrected chi connectivity index (χ2v) is 11.2. The SMILES string of the molecule is CCS(=O)(=O)N1CCC(c2c[nH]c3c(C(N)=O)cc(-c4cncc(CN(C)C)c4)cc23)CC1. The molecule has 3 aromatic rings. The fourth-order valence-corrected chi connectivity index (χ4v) is 5.81. The standard InChI is InChI=1S/C24H31N5O3S/c1-4-33(31,32)29-7-5-17(6-8-29)22-14-27-23-20(22)10-18(11-21(23)24(25)30)19-9-16(12-26-13-19)15-28(2)3/h9-14,17,27H,4-8,15H2,1-3H3,(H2,25,30). The van der Waals surface area contributed by atoms with Crippen molar-refractivity contribution in [3.8, 4) is 11.1 Å². The summed E-state index contributed by atoms with van der Waals surface area (Å²) in [5.41, 5.74) is 10.9. The summed E-state index contributed by atoms with van der Waals surface area (Å²) in [5, 5.41) is 0.955. The molecule has 0 aliphatic carbocycles. The summed E-state index contributed by atoms with van der Waals surface area (Å²) in [6.07, 6.45) is 7.06. The maximum atomic E-state index is 12.3. The van der Waals surface area contributed by atoms with Gasteiger partial charge in [0.05, 0.1) is 16.8 Å². The molecule has 2 aromatic heterocycles.